The van der Waals surface area contributed by atoms with Crippen LogP contribution in [0.1, 0.15) is 30.2 Å². The first-order valence-corrected chi connectivity index (χ1v) is 8.01. The molecule has 0 spiro atoms. The monoisotopic (exact) mass is 301 g/mol. The van der Waals surface area contributed by atoms with Crippen LogP contribution >= 0.6 is 22.9 Å². The number of thiophene rings is 1. The molecule has 0 amide bonds. The molecule has 1 fully saturated rings. The van der Waals surface area contributed by atoms with Gasteiger partial charge in [-0.3, -0.25) is 4.90 Å². The second-order valence-corrected chi connectivity index (χ2v) is 7.53. The molecule has 5 heteroatoms. The molecule has 108 valence electrons. The summed E-state index contributed by atoms with van der Waals surface area (Å²) in [5.41, 5.74) is 6.31. The molecule has 0 saturated heterocycles. The quantitative estimate of drug-likeness (QED) is 0.877. The van der Waals surface area contributed by atoms with Gasteiger partial charge in [0, 0.05) is 23.5 Å². The molecule has 2 N–H and O–H groups in total. The Bertz CT molecular complexity index is 415. The van der Waals surface area contributed by atoms with Gasteiger partial charge in [-0.05, 0) is 52.5 Å². The summed E-state index contributed by atoms with van der Waals surface area (Å²) in [6.07, 6.45) is 3.91. The molecule has 0 bridgehead atoms. The minimum Gasteiger partial charge on any atom is -0.329 e. The Morgan fingerprint density at radius 2 is 2.05 bits per heavy atom. The van der Waals surface area contributed by atoms with Crippen molar-refractivity contribution in [2.45, 2.75) is 30.8 Å². The molecule has 3 nitrogen and oxygen atoms in total. The maximum atomic E-state index is 6.04. The number of nitrogens with zero attached hydrogens (tertiary/aromatic N) is 2. The molecular weight excluding hydrogens is 278 g/mol. The van der Waals surface area contributed by atoms with Crippen molar-refractivity contribution in [3.05, 3.63) is 21.3 Å². The highest BCUT2D eigenvalue weighted by Crippen LogP contribution is 2.38. The molecule has 0 aromatic carbocycles. The SMILES string of the molecule is CN(CC1(N(C)C)CCC1)C(CN)c1ccc(Cl)s1. The summed E-state index contributed by atoms with van der Waals surface area (Å²) in [6, 6.07) is 4.34. The number of nitrogens with two attached hydrogens (primary N) is 1. The lowest BCUT2D eigenvalue weighted by atomic mass is 9.75. The van der Waals surface area contributed by atoms with Gasteiger partial charge in [0.15, 0.2) is 0 Å². The smallest absolute Gasteiger partial charge is 0.0931 e. The van der Waals surface area contributed by atoms with Crippen molar-refractivity contribution in [2.75, 3.05) is 34.2 Å². The van der Waals surface area contributed by atoms with Crippen LogP contribution in [0.5, 0.6) is 0 Å². The molecule has 19 heavy (non-hydrogen) atoms. The zero-order chi connectivity index (χ0) is 14.0. The Morgan fingerprint density at radius 1 is 1.37 bits per heavy atom. The van der Waals surface area contributed by atoms with Gasteiger partial charge >= 0.3 is 0 Å². The van der Waals surface area contributed by atoms with Gasteiger partial charge in [0.1, 0.15) is 0 Å². The molecular formula is C14H24ClN3S. The van der Waals surface area contributed by atoms with E-state index in [9.17, 15) is 0 Å². The molecule has 0 aliphatic heterocycles. The van der Waals surface area contributed by atoms with Gasteiger partial charge in [-0.25, -0.2) is 0 Å². The minimum atomic E-state index is 0.273. The second-order valence-electron chi connectivity index (χ2n) is 5.78. The summed E-state index contributed by atoms with van der Waals surface area (Å²) in [6.45, 7) is 1.70. The highest BCUT2D eigenvalue weighted by molar-refractivity contribution is 7.16. The molecule has 1 unspecified atom stereocenters. The summed E-state index contributed by atoms with van der Waals surface area (Å²) >= 11 is 7.68. The third-order valence-corrected chi connectivity index (χ3v) is 5.79. The van der Waals surface area contributed by atoms with Crippen LogP contribution in [0.2, 0.25) is 4.34 Å². The molecule has 1 aliphatic rings. The predicted octanol–water partition coefficient (Wildman–Crippen LogP) is 2.82. The second kappa shape index (κ2) is 6.10. The fraction of sp³-hybridized carbons (Fsp3) is 0.714. The lowest BCUT2D eigenvalue weighted by molar-refractivity contribution is 0.0172. The van der Waals surface area contributed by atoms with Crippen LogP contribution in [0.3, 0.4) is 0 Å². The van der Waals surface area contributed by atoms with Crippen molar-refractivity contribution < 1.29 is 0 Å². The van der Waals surface area contributed by atoms with E-state index in [-0.39, 0.29) is 6.04 Å². The summed E-state index contributed by atoms with van der Waals surface area (Å²) < 4.78 is 0.841. The number of rotatable bonds is 6. The van der Waals surface area contributed by atoms with Gasteiger partial charge in [0.05, 0.1) is 10.4 Å². The van der Waals surface area contributed by atoms with Crippen molar-refractivity contribution in [3.63, 3.8) is 0 Å². The average molecular weight is 302 g/mol. The third kappa shape index (κ3) is 3.14. The third-order valence-electron chi connectivity index (χ3n) is 4.45. The van der Waals surface area contributed by atoms with E-state index in [0.717, 1.165) is 10.9 Å². The Kier molecular flexibility index (Phi) is 4.90. The van der Waals surface area contributed by atoms with E-state index in [1.165, 1.54) is 24.1 Å². The maximum Gasteiger partial charge on any atom is 0.0931 e. The molecule has 2 rings (SSSR count). The zero-order valence-electron chi connectivity index (χ0n) is 12.0. The first-order chi connectivity index (χ1) is 8.98. The molecule has 0 radical (unpaired) electrons. The highest BCUT2D eigenvalue weighted by Gasteiger charge is 2.40. The molecule has 1 heterocycles. The van der Waals surface area contributed by atoms with E-state index < -0.39 is 0 Å². The standard InChI is InChI=1S/C14H24ClN3S/c1-17(2)14(7-4-8-14)10-18(3)11(9-16)12-5-6-13(15)19-12/h5-6,11H,4,7-10,16H2,1-3H3. The number of hydrogen-bond donors (Lipinski definition) is 1. The van der Waals surface area contributed by atoms with Gasteiger partial charge < -0.3 is 10.6 Å². The van der Waals surface area contributed by atoms with Crippen LogP contribution in [0.15, 0.2) is 12.1 Å². The van der Waals surface area contributed by atoms with Crippen molar-refractivity contribution in [2.24, 2.45) is 5.73 Å². The fourth-order valence-corrected chi connectivity index (χ4v) is 4.17. The van der Waals surface area contributed by atoms with E-state index in [2.05, 4.69) is 37.0 Å². The minimum absolute atomic E-state index is 0.273. The number of hydrogen-bond acceptors (Lipinski definition) is 4. The fourth-order valence-electron chi connectivity index (χ4n) is 2.93. The lowest BCUT2D eigenvalue weighted by Gasteiger charge is -2.50. The van der Waals surface area contributed by atoms with Gasteiger partial charge in [0.25, 0.3) is 0 Å². The summed E-state index contributed by atoms with van der Waals surface area (Å²) in [4.78, 5) is 6.03. The Hall–Kier alpha value is -0.130. The van der Waals surface area contributed by atoms with Gasteiger partial charge in [-0.1, -0.05) is 11.6 Å². The van der Waals surface area contributed by atoms with Gasteiger partial charge in [-0.2, -0.15) is 0 Å². The number of halogens is 1. The van der Waals surface area contributed by atoms with Crippen molar-refractivity contribution in [1.29, 1.82) is 0 Å². The lowest BCUT2D eigenvalue weighted by Crippen LogP contribution is -2.57. The first kappa shape index (κ1) is 15.3. The molecule has 1 saturated carbocycles. The van der Waals surface area contributed by atoms with Crippen LogP contribution in [-0.4, -0.2) is 49.6 Å². The maximum absolute atomic E-state index is 6.04. The van der Waals surface area contributed by atoms with Gasteiger partial charge in [-0.15, -0.1) is 11.3 Å². The number of likely N-dealkylation sites (N-methyl/N-ethyl adjacent to an activating group) is 2. The van der Waals surface area contributed by atoms with Crippen molar-refractivity contribution >= 4 is 22.9 Å². The van der Waals surface area contributed by atoms with E-state index in [0.29, 0.717) is 12.1 Å². The molecule has 1 aromatic heterocycles. The van der Waals surface area contributed by atoms with Crippen molar-refractivity contribution in [1.82, 2.24) is 9.80 Å². The largest absolute Gasteiger partial charge is 0.329 e. The van der Waals surface area contributed by atoms with Crippen LogP contribution < -0.4 is 5.73 Å². The highest BCUT2D eigenvalue weighted by atomic mass is 35.5. The molecule has 1 aliphatic carbocycles. The summed E-state index contributed by atoms with van der Waals surface area (Å²) in [7, 11) is 6.55. The van der Waals surface area contributed by atoms with Crippen LogP contribution in [0, 0.1) is 0 Å². The zero-order valence-corrected chi connectivity index (χ0v) is 13.6. The van der Waals surface area contributed by atoms with E-state index in [4.69, 9.17) is 17.3 Å². The summed E-state index contributed by atoms with van der Waals surface area (Å²) in [5.74, 6) is 0. The van der Waals surface area contributed by atoms with Crippen LogP contribution in [0.4, 0.5) is 0 Å². The van der Waals surface area contributed by atoms with E-state index >= 15 is 0 Å². The normalized spacial score (nSPS) is 19.7. The molecule has 1 atom stereocenters. The Morgan fingerprint density at radius 3 is 2.42 bits per heavy atom. The predicted molar refractivity (Wildman–Crippen MR) is 84.0 cm³/mol. The van der Waals surface area contributed by atoms with Crippen LogP contribution in [-0.2, 0) is 0 Å². The summed E-state index contributed by atoms with van der Waals surface area (Å²) in [5, 5.41) is 0. The van der Waals surface area contributed by atoms with Gasteiger partial charge in [0.2, 0.25) is 0 Å². The van der Waals surface area contributed by atoms with Crippen molar-refractivity contribution in [3.8, 4) is 0 Å². The topological polar surface area (TPSA) is 32.5 Å². The first-order valence-electron chi connectivity index (χ1n) is 6.81. The van der Waals surface area contributed by atoms with E-state index in [1.54, 1.807) is 11.3 Å². The average Bonchev–Trinajstić information content (AvgIpc) is 2.70. The Labute approximate surface area is 125 Å². The Balaban J connectivity index is 2.07. The van der Waals surface area contributed by atoms with Crippen LogP contribution in [0.25, 0.3) is 0 Å². The van der Waals surface area contributed by atoms with E-state index in [1.807, 2.05) is 6.07 Å². The molecule has 1 aromatic rings.